The van der Waals surface area contributed by atoms with Gasteiger partial charge in [-0.2, -0.15) is 0 Å². The fourth-order valence-electron chi connectivity index (χ4n) is 5.91. The number of fused-ring (bicyclic) bond motifs is 1. The molecule has 2 aliphatic rings. The number of aryl methyl sites for hydroxylation is 1. The van der Waals surface area contributed by atoms with Gasteiger partial charge in [0.05, 0.1) is 37.2 Å². The standard InChI is InChI=1S/C31H35F3N4O6/c1-30(2,3)44-29(42)36-13-12-21(31(33,34)17-36)20-14-24-25(15-22(20)32)38(28(41)35(24)4)23-10-11-26(39)37(27(23)40)16-18-6-8-19(43-5)9-7-18/h6-9,14-15,21,23H,10-13,16-17H2,1-5H3. The summed E-state index contributed by atoms with van der Waals surface area (Å²) < 4.78 is 59.2. The molecule has 0 radical (unpaired) electrons. The molecule has 0 aliphatic carbocycles. The Labute approximate surface area is 251 Å². The molecule has 0 N–H and O–H groups in total. The minimum Gasteiger partial charge on any atom is -0.497 e. The molecule has 13 heteroatoms. The average Bonchev–Trinajstić information content (AvgIpc) is 3.18. The van der Waals surface area contributed by atoms with Gasteiger partial charge in [0, 0.05) is 26.1 Å². The molecule has 236 valence electrons. The van der Waals surface area contributed by atoms with E-state index in [1.165, 1.54) is 24.8 Å². The van der Waals surface area contributed by atoms with Crippen molar-refractivity contribution in [1.29, 1.82) is 0 Å². The summed E-state index contributed by atoms with van der Waals surface area (Å²) in [7, 11) is 2.94. The lowest BCUT2D eigenvalue weighted by atomic mass is 9.85. The van der Waals surface area contributed by atoms with Gasteiger partial charge < -0.3 is 14.4 Å². The second-order valence-electron chi connectivity index (χ2n) is 12.3. The van der Waals surface area contributed by atoms with Crippen LogP contribution in [0.1, 0.15) is 63.1 Å². The van der Waals surface area contributed by atoms with Gasteiger partial charge in [-0.25, -0.2) is 22.8 Å². The third kappa shape index (κ3) is 5.79. The molecule has 44 heavy (non-hydrogen) atoms. The number of benzene rings is 2. The Morgan fingerprint density at radius 2 is 1.73 bits per heavy atom. The molecule has 3 aromatic rings. The Kier molecular flexibility index (Phi) is 8.02. The SMILES string of the molecule is COc1ccc(CN2C(=O)CCC(n3c(=O)n(C)c4cc(C5CCN(C(=O)OC(C)(C)C)CC5(F)F)c(F)cc43)C2=O)cc1. The molecule has 2 aliphatic heterocycles. The molecule has 3 amide bonds. The monoisotopic (exact) mass is 616 g/mol. The zero-order valence-electron chi connectivity index (χ0n) is 25.2. The number of imidazole rings is 1. The minimum atomic E-state index is -3.48. The largest absolute Gasteiger partial charge is 0.497 e. The van der Waals surface area contributed by atoms with Crippen LogP contribution in [0.25, 0.3) is 11.0 Å². The number of halogens is 3. The Morgan fingerprint density at radius 1 is 1.05 bits per heavy atom. The molecule has 2 atom stereocenters. The number of carbonyl (C=O) groups is 3. The number of nitrogens with zero attached hydrogens (tertiary/aromatic N) is 4. The average molecular weight is 617 g/mol. The van der Waals surface area contributed by atoms with Gasteiger partial charge in [0.1, 0.15) is 23.2 Å². The molecule has 3 heterocycles. The normalized spacial score (nSPS) is 20.7. The summed E-state index contributed by atoms with van der Waals surface area (Å²) in [6, 6.07) is 7.97. The first-order valence-electron chi connectivity index (χ1n) is 14.3. The second kappa shape index (κ2) is 11.3. The first-order chi connectivity index (χ1) is 20.6. The van der Waals surface area contributed by atoms with Crippen molar-refractivity contribution in [3.05, 3.63) is 63.8 Å². The van der Waals surface area contributed by atoms with Crippen molar-refractivity contribution in [2.45, 2.75) is 70.1 Å². The van der Waals surface area contributed by atoms with E-state index < -0.39 is 59.4 Å². The first kappa shape index (κ1) is 31.1. The smallest absolute Gasteiger partial charge is 0.410 e. The molecular formula is C31H35F3N4O6. The number of piperidine rings is 2. The van der Waals surface area contributed by atoms with E-state index in [1.807, 2.05) is 0 Å². The molecule has 2 saturated heterocycles. The number of likely N-dealkylation sites (tertiary alicyclic amines) is 2. The topological polar surface area (TPSA) is 103 Å². The van der Waals surface area contributed by atoms with Crippen molar-refractivity contribution in [2.24, 2.45) is 7.05 Å². The zero-order chi connectivity index (χ0) is 32.1. The van der Waals surface area contributed by atoms with Crippen molar-refractivity contribution in [3.8, 4) is 5.75 Å². The van der Waals surface area contributed by atoms with Crippen molar-refractivity contribution in [3.63, 3.8) is 0 Å². The number of alkyl halides is 2. The zero-order valence-corrected chi connectivity index (χ0v) is 25.2. The van der Waals surface area contributed by atoms with E-state index in [4.69, 9.17) is 9.47 Å². The van der Waals surface area contributed by atoms with E-state index in [0.29, 0.717) is 11.3 Å². The molecule has 10 nitrogen and oxygen atoms in total. The number of rotatable bonds is 5. The van der Waals surface area contributed by atoms with Crippen LogP contribution in [0, 0.1) is 5.82 Å². The van der Waals surface area contributed by atoms with E-state index >= 15 is 13.2 Å². The van der Waals surface area contributed by atoms with Crippen molar-refractivity contribution in [1.82, 2.24) is 18.9 Å². The van der Waals surface area contributed by atoms with Crippen LogP contribution in [0.5, 0.6) is 5.75 Å². The maximum Gasteiger partial charge on any atom is 0.410 e. The Balaban J connectivity index is 1.45. The Bertz CT molecular complexity index is 1670. The van der Waals surface area contributed by atoms with E-state index in [0.717, 1.165) is 20.4 Å². The van der Waals surface area contributed by atoms with Crippen LogP contribution in [-0.2, 0) is 27.9 Å². The van der Waals surface area contributed by atoms with E-state index in [-0.39, 0.29) is 48.9 Å². The van der Waals surface area contributed by atoms with Gasteiger partial charge >= 0.3 is 11.8 Å². The molecule has 2 aromatic carbocycles. The predicted molar refractivity (Wildman–Crippen MR) is 154 cm³/mol. The van der Waals surface area contributed by atoms with Crippen LogP contribution >= 0.6 is 0 Å². The lowest BCUT2D eigenvalue weighted by molar-refractivity contribution is -0.151. The first-order valence-corrected chi connectivity index (χ1v) is 14.3. The highest BCUT2D eigenvalue weighted by molar-refractivity contribution is 6.00. The molecular weight excluding hydrogens is 581 g/mol. The van der Waals surface area contributed by atoms with Gasteiger partial charge in [-0.3, -0.25) is 23.6 Å². The Hall–Kier alpha value is -4.29. The quantitative estimate of drug-likeness (QED) is 0.384. The number of aromatic nitrogens is 2. The highest BCUT2D eigenvalue weighted by Gasteiger charge is 2.48. The highest BCUT2D eigenvalue weighted by Crippen LogP contribution is 2.43. The molecule has 0 bridgehead atoms. The van der Waals surface area contributed by atoms with Gasteiger partial charge in [0.2, 0.25) is 5.91 Å². The summed E-state index contributed by atoms with van der Waals surface area (Å²) in [5.74, 6) is -6.40. The van der Waals surface area contributed by atoms with E-state index in [9.17, 15) is 19.2 Å². The van der Waals surface area contributed by atoms with Gasteiger partial charge in [-0.15, -0.1) is 0 Å². The molecule has 0 spiro atoms. The maximum atomic E-state index is 15.7. The van der Waals surface area contributed by atoms with Gasteiger partial charge in [0.25, 0.3) is 11.8 Å². The number of hydrogen-bond acceptors (Lipinski definition) is 6. The van der Waals surface area contributed by atoms with Crippen LogP contribution in [-0.4, -0.2) is 68.6 Å². The summed E-state index contributed by atoms with van der Waals surface area (Å²) in [6.07, 6.45) is -1.09. The van der Waals surface area contributed by atoms with Crippen LogP contribution in [0.15, 0.2) is 41.2 Å². The van der Waals surface area contributed by atoms with Crippen molar-refractivity contribution >= 4 is 28.9 Å². The lowest BCUT2D eigenvalue weighted by Crippen LogP contribution is -2.51. The van der Waals surface area contributed by atoms with E-state index in [1.54, 1.807) is 45.0 Å². The Morgan fingerprint density at radius 3 is 2.34 bits per heavy atom. The van der Waals surface area contributed by atoms with Gasteiger partial charge in [0.15, 0.2) is 0 Å². The third-order valence-corrected chi connectivity index (χ3v) is 8.13. The molecule has 5 rings (SSSR count). The van der Waals surface area contributed by atoms with E-state index in [2.05, 4.69) is 0 Å². The summed E-state index contributed by atoms with van der Waals surface area (Å²) in [6.45, 7) is 3.86. The third-order valence-electron chi connectivity index (χ3n) is 8.13. The van der Waals surface area contributed by atoms with Gasteiger partial charge in [-0.05, 0) is 62.9 Å². The second-order valence-corrected chi connectivity index (χ2v) is 12.3. The molecule has 0 saturated carbocycles. The van der Waals surface area contributed by atoms with Crippen LogP contribution < -0.4 is 10.4 Å². The summed E-state index contributed by atoms with van der Waals surface area (Å²) >= 11 is 0. The fraction of sp³-hybridized carbons (Fsp3) is 0.484. The number of methoxy groups -OCH3 is 1. The number of amides is 3. The number of ether oxygens (including phenoxy) is 2. The predicted octanol–water partition coefficient (Wildman–Crippen LogP) is 4.74. The summed E-state index contributed by atoms with van der Waals surface area (Å²) in [4.78, 5) is 54.2. The van der Waals surface area contributed by atoms with Crippen molar-refractivity contribution < 1.29 is 37.0 Å². The highest BCUT2D eigenvalue weighted by atomic mass is 19.3. The molecule has 2 fully saturated rings. The van der Waals surface area contributed by atoms with Crippen LogP contribution in [0.4, 0.5) is 18.0 Å². The molecule has 2 unspecified atom stereocenters. The van der Waals surface area contributed by atoms with Crippen LogP contribution in [0.3, 0.4) is 0 Å². The lowest BCUT2D eigenvalue weighted by Gasteiger charge is -2.39. The number of imide groups is 1. The number of carbonyl (C=O) groups excluding carboxylic acids is 3. The molecule has 1 aromatic heterocycles. The summed E-state index contributed by atoms with van der Waals surface area (Å²) in [5.41, 5.74) is -0.885. The number of hydrogen-bond donors (Lipinski definition) is 0. The maximum absolute atomic E-state index is 15.7. The minimum absolute atomic E-state index is 0.0155. The fourth-order valence-corrected chi connectivity index (χ4v) is 5.91. The van der Waals surface area contributed by atoms with Crippen LogP contribution in [0.2, 0.25) is 0 Å². The summed E-state index contributed by atoms with van der Waals surface area (Å²) in [5, 5.41) is 0. The van der Waals surface area contributed by atoms with Crippen molar-refractivity contribution in [2.75, 3.05) is 20.2 Å². The van der Waals surface area contributed by atoms with Gasteiger partial charge in [-0.1, -0.05) is 12.1 Å².